The van der Waals surface area contributed by atoms with Crippen molar-refractivity contribution in [1.29, 1.82) is 0 Å². The summed E-state index contributed by atoms with van der Waals surface area (Å²) in [4.78, 5) is 0. The van der Waals surface area contributed by atoms with Crippen molar-refractivity contribution in [2.24, 2.45) is 5.73 Å². The molecule has 0 saturated carbocycles. The van der Waals surface area contributed by atoms with E-state index in [1.54, 1.807) is 0 Å². The van der Waals surface area contributed by atoms with Crippen LogP contribution in [0.2, 0.25) is 0 Å². The minimum Gasteiger partial charge on any atom is -0.366 e. The van der Waals surface area contributed by atoms with Gasteiger partial charge in [-0.15, -0.1) is 10.2 Å². The molecule has 0 spiro atoms. The lowest BCUT2D eigenvalue weighted by Gasteiger charge is -2.13. The fourth-order valence-electron chi connectivity index (χ4n) is 1.31. The molecule has 0 saturated heterocycles. The maximum absolute atomic E-state index is 12.2. The van der Waals surface area contributed by atoms with Gasteiger partial charge in [0.05, 0.1) is 0 Å². The van der Waals surface area contributed by atoms with E-state index in [1.807, 2.05) is 6.92 Å². The molecular formula is C10H15F3N4. The molecule has 3 N–H and O–H groups in total. The smallest absolute Gasteiger partial charge is 0.366 e. The van der Waals surface area contributed by atoms with Gasteiger partial charge in [-0.2, -0.15) is 13.2 Å². The highest BCUT2D eigenvalue weighted by Gasteiger charge is 2.32. The van der Waals surface area contributed by atoms with Crippen LogP contribution in [-0.4, -0.2) is 22.8 Å². The van der Waals surface area contributed by atoms with Crippen LogP contribution >= 0.6 is 0 Å². The third-order valence-corrected chi connectivity index (χ3v) is 2.19. The number of hydrogen-bond acceptors (Lipinski definition) is 4. The average molecular weight is 248 g/mol. The fraction of sp³-hybridized carbons (Fsp3) is 0.600. The third-order valence-electron chi connectivity index (χ3n) is 2.19. The van der Waals surface area contributed by atoms with E-state index in [9.17, 15) is 13.2 Å². The zero-order valence-corrected chi connectivity index (χ0v) is 9.46. The van der Waals surface area contributed by atoms with E-state index in [2.05, 4.69) is 15.5 Å². The molecule has 0 fully saturated rings. The molecule has 0 aromatic carbocycles. The number of alkyl halides is 3. The zero-order valence-electron chi connectivity index (χ0n) is 9.46. The van der Waals surface area contributed by atoms with Crippen molar-refractivity contribution in [3.05, 3.63) is 17.8 Å². The van der Waals surface area contributed by atoms with Crippen LogP contribution in [0.4, 0.5) is 19.0 Å². The van der Waals surface area contributed by atoms with Crippen LogP contribution < -0.4 is 11.1 Å². The number of rotatable bonds is 5. The van der Waals surface area contributed by atoms with E-state index >= 15 is 0 Å². The van der Waals surface area contributed by atoms with E-state index in [1.165, 1.54) is 6.07 Å². The highest BCUT2D eigenvalue weighted by Crippen LogP contribution is 2.27. The van der Waals surface area contributed by atoms with Crippen LogP contribution in [0.15, 0.2) is 12.1 Å². The van der Waals surface area contributed by atoms with Gasteiger partial charge in [0.2, 0.25) is 0 Å². The van der Waals surface area contributed by atoms with Crippen molar-refractivity contribution >= 4 is 5.82 Å². The maximum atomic E-state index is 12.2. The number of nitrogens with one attached hydrogen (secondary N) is 1. The third kappa shape index (κ3) is 4.56. The zero-order chi connectivity index (χ0) is 12.9. The van der Waals surface area contributed by atoms with Gasteiger partial charge in [-0.25, -0.2) is 0 Å². The summed E-state index contributed by atoms with van der Waals surface area (Å²) in [5.41, 5.74) is 4.37. The van der Waals surface area contributed by atoms with Gasteiger partial charge < -0.3 is 11.1 Å². The number of nitrogens with zero attached hydrogens (tertiary/aromatic N) is 2. The Balaban J connectivity index is 2.56. The summed E-state index contributed by atoms with van der Waals surface area (Å²) < 4.78 is 36.6. The molecule has 1 heterocycles. The van der Waals surface area contributed by atoms with Gasteiger partial charge in [-0.05, 0) is 38.4 Å². The summed E-state index contributed by atoms with van der Waals surface area (Å²) in [7, 11) is 0. The molecule has 0 amide bonds. The van der Waals surface area contributed by atoms with Gasteiger partial charge in [0, 0.05) is 6.04 Å². The number of halogens is 3. The first kappa shape index (κ1) is 13.7. The molecule has 17 heavy (non-hydrogen) atoms. The van der Waals surface area contributed by atoms with Crippen molar-refractivity contribution in [3.8, 4) is 0 Å². The van der Waals surface area contributed by atoms with Crippen molar-refractivity contribution in [3.63, 3.8) is 0 Å². The first-order chi connectivity index (χ1) is 7.93. The minimum absolute atomic E-state index is 0.101. The molecule has 96 valence electrons. The second-order valence-corrected chi connectivity index (χ2v) is 3.78. The van der Waals surface area contributed by atoms with Crippen LogP contribution in [0.25, 0.3) is 0 Å². The molecule has 1 rings (SSSR count). The maximum Gasteiger partial charge on any atom is 0.435 e. The lowest BCUT2D eigenvalue weighted by molar-refractivity contribution is -0.141. The molecule has 0 radical (unpaired) electrons. The predicted molar refractivity (Wildman–Crippen MR) is 58.4 cm³/mol. The quantitative estimate of drug-likeness (QED) is 0.837. The summed E-state index contributed by atoms with van der Waals surface area (Å²) in [6, 6.07) is 2.28. The van der Waals surface area contributed by atoms with Gasteiger partial charge in [-0.3, -0.25) is 0 Å². The van der Waals surface area contributed by atoms with Gasteiger partial charge >= 0.3 is 6.18 Å². The summed E-state index contributed by atoms with van der Waals surface area (Å²) in [6.07, 6.45) is -2.77. The van der Waals surface area contributed by atoms with Crippen LogP contribution in [0.1, 0.15) is 25.5 Å². The Hall–Kier alpha value is -1.37. The molecule has 0 aliphatic rings. The highest BCUT2D eigenvalue weighted by atomic mass is 19.4. The van der Waals surface area contributed by atoms with Gasteiger partial charge in [0.1, 0.15) is 5.82 Å². The van der Waals surface area contributed by atoms with Crippen molar-refractivity contribution in [2.75, 3.05) is 11.9 Å². The Bertz CT molecular complexity index is 336. The minimum atomic E-state index is -4.45. The monoisotopic (exact) mass is 248 g/mol. The standard InChI is InChI=1S/C10H15F3N4/c1-7(3-2-6-14)15-9-5-4-8(16-17-9)10(11,12)13/h4-5,7H,2-3,6,14H2,1H3,(H,15,17). The summed E-state index contributed by atoms with van der Waals surface area (Å²) in [5.74, 6) is 0.336. The molecule has 1 unspecified atom stereocenters. The van der Waals surface area contributed by atoms with E-state index in [0.717, 1.165) is 18.9 Å². The second-order valence-electron chi connectivity index (χ2n) is 3.78. The Morgan fingerprint density at radius 2 is 2.06 bits per heavy atom. The first-order valence-corrected chi connectivity index (χ1v) is 5.31. The van der Waals surface area contributed by atoms with Crippen LogP contribution in [-0.2, 0) is 6.18 Å². The molecule has 0 aliphatic heterocycles. The Morgan fingerprint density at radius 1 is 1.35 bits per heavy atom. The summed E-state index contributed by atoms with van der Waals surface area (Å²) in [5, 5.41) is 9.56. The van der Waals surface area contributed by atoms with Gasteiger partial charge in [-0.1, -0.05) is 0 Å². The second kappa shape index (κ2) is 5.81. The molecular weight excluding hydrogens is 233 g/mol. The van der Waals surface area contributed by atoms with E-state index in [4.69, 9.17) is 5.73 Å². The lowest BCUT2D eigenvalue weighted by Crippen LogP contribution is -2.18. The molecule has 1 atom stereocenters. The first-order valence-electron chi connectivity index (χ1n) is 5.31. The Labute approximate surface area is 97.4 Å². The lowest BCUT2D eigenvalue weighted by atomic mass is 10.2. The highest BCUT2D eigenvalue weighted by molar-refractivity contribution is 5.34. The van der Waals surface area contributed by atoms with E-state index in [0.29, 0.717) is 12.4 Å². The number of hydrogen-bond donors (Lipinski definition) is 2. The fourth-order valence-corrected chi connectivity index (χ4v) is 1.31. The van der Waals surface area contributed by atoms with Crippen molar-refractivity contribution in [2.45, 2.75) is 32.0 Å². The topological polar surface area (TPSA) is 63.8 Å². The number of nitrogens with two attached hydrogens (primary N) is 1. The summed E-state index contributed by atoms with van der Waals surface area (Å²) in [6.45, 7) is 2.50. The number of anilines is 1. The molecule has 1 aromatic heterocycles. The average Bonchev–Trinajstić information content (AvgIpc) is 2.26. The van der Waals surface area contributed by atoms with Crippen LogP contribution in [0, 0.1) is 0 Å². The van der Waals surface area contributed by atoms with E-state index in [-0.39, 0.29) is 6.04 Å². The predicted octanol–water partition coefficient (Wildman–Crippen LogP) is 2.03. The van der Waals surface area contributed by atoms with Crippen LogP contribution in [0.5, 0.6) is 0 Å². The van der Waals surface area contributed by atoms with Crippen LogP contribution in [0.3, 0.4) is 0 Å². The SMILES string of the molecule is CC(CCCN)Nc1ccc(C(F)(F)F)nn1. The summed E-state index contributed by atoms with van der Waals surface area (Å²) >= 11 is 0. The largest absolute Gasteiger partial charge is 0.435 e. The van der Waals surface area contributed by atoms with Gasteiger partial charge in [0.15, 0.2) is 5.69 Å². The number of aromatic nitrogens is 2. The molecule has 1 aromatic rings. The molecule has 7 heteroatoms. The molecule has 0 aliphatic carbocycles. The van der Waals surface area contributed by atoms with Gasteiger partial charge in [0.25, 0.3) is 0 Å². The Kier molecular flexibility index (Phi) is 4.68. The molecule has 0 bridgehead atoms. The van der Waals surface area contributed by atoms with E-state index < -0.39 is 11.9 Å². The normalized spacial score (nSPS) is 13.5. The van der Waals surface area contributed by atoms with Crippen molar-refractivity contribution < 1.29 is 13.2 Å². The van der Waals surface area contributed by atoms with Crippen molar-refractivity contribution in [1.82, 2.24) is 10.2 Å². The Morgan fingerprint density at radius 3 is 2.53 bits per heavy atom. The molecule has 4 nitrogen and oxygen atoms in total.